The van der Waals surface area contributed by atoms with Crippen LogP contribution in [0.3, 0.4) is 0 Å². The van der Waals surface area contributed by atoms with Gasteiger partial charge in [0.2, 0.25) is 5.88 Å². The van der Waals surface area contributed by atoms with Gasteiger partial charge in [-0.3, -0.25) is 4.98 Å². The first kappa shape index (κ1) is 13.9. The maximum Gasteiger partial charge on any atom is 0.512 e. The van der Waals surface area contributed by atoms with Gasteiger partial charge in [0, 0.05) is 27.8 Å². The molecule has 5 nitrogen and oxygen atoms in total. The Kier molecular flexibility index (Phi) is 3.57. The highest BCUT2D eigenvalue weighted by atomic mass is 79.9. The predicted molar refractivity (Wildman–Crippen MR) is 82.9 cm³/mol. The standard InChI is InChI=1S/C14H8BrClN2O3/c15-9-5-11-8(4-10(9)16)12(7-2-1-3-17-6-7)13(18-11)21-14(19)20/h1-6,18H,(H,19,20). The SMILES string of the molecule is O=C(O)Oc1[nH]c2cc(Br)c(Cl)cc2c1-c1cccnc1. The molecular weight excluding hydrogens is 360 g/mol. The molecule has 7 heteroatoms. The number of carbonyl (C=O) groups is 1. The van der Waals surface area contributed by atoms with Crippen molar-refractivity contribution in [1.82, 2.24) is 9.97 Å². The van der Waals surface area contributed by atoms with Crippen molar-refractivity contribution in [3.63, 3.8) is 0 Å². The van der Waals surface area contributed by atoms with Gasteiger partial charge in [0.15, 0.2) is 0 Å². The number of fused-ring (bicyclic) bond motifs is 1. The van der Waals surface area contributed by atoms with Crippen LogP contribution in [0, 0.1) is 0 Å². The Balaban J connectivity index is 2.32. The van der Waals surface area contributed by atoms with Gasteiger partial charge in [-0.05, 0) is 34.1 Å². The quantitative estimate of drug-likeness (QED) is 0.644. The first-order valence-electron chi connectivity index (χ1n) is 5.88. The number of hydrogen-bond acceptors (Lipinski definition) is 3. The van der Waals surface area contributed by atoms with Crippen molar-refractivity contribution in [3.8, 4) is 17.0 Å². The van der Waals surface area contributed by atoms with E-state index >= 15 is 0 Å². The Labute approximate surface area is 132 Å². The summed E-state index contributed by atoms with van der Waals surface area (Å²) >= 11 is 9.46. The molecule has 1 aromatic carbocycles. The molecule has 0 saturated heterocycles. The molecule has 0 unspecified atom stereocenters. The number of benzene rings is 1. The molecule has 2 N–H and O–H groups in total. The molecule has 0 aliphatic carbocycles. The van der Waals surface area contributed by atoms with Crippen molar-refractivity contribution < 1.29 is 14.6 Å². The molecule has 0 aliphatic heterocycles. The highest BCUT2D eigenvalue weighted by molar-refractivity contribution is 9.10. The minimum absolute atomic E-state index is 0.139. The summed E-state index contributed by atoms with van der Waals surface area (Å²) in [6.45, 7) is 0. The smallest absolute Gasteiger partial charge is 0.449 e. The third kappa shape index (κ3) is 2.59. The second-order valence-corrected chi connectivity index (χ2v) is 5.51. The lowest BCUT2D eigenvalue weighted by atomic mass is 10.1. The second kappa shape index (κ2) is 5.38. The largest absolute Gasteiger partial charge is 0.512 e. The van der Waals surface area contributed by atoms with Crippen molar-refractivity contribution in [1.29, 1.82) is 0 Å². The lowest BCUT2D eigenvalue weighted by Crippen LogP contribution is -2.04. The van der Waals surface area contributed by atoms with Crippen LogP contribution in [0.25, 0.3) is 22.0 Å². The van der Waals surface area contributed by atoms with Gasteiger partial charge >= 0.3 is 6.16 Å². The van der Waals surface area contributed by atoms with Crippen molar-refractivity contribution in [2.24, 2.45) is 0 Å². The molecule has 0 spiro atoms. The van der Waals surface area contributed by atoms with Crippen LogP contribution in [0.2, 0.25) is 5.02 Å². The molecule has 0 atom stereocenters. The fourth-order valence-corrected chi connectivity index (χ4v) is 2.63. The molecule has 0 saturated carbocycles. The summed E-state index contributed by atoms with van der Waals surface area (Å²) in [4.78, 5) is 17.9. The van der Waals surface area contributed by atoms with Crippen LogP contribution in [-0.4, -0.2) is 21.2 Å². The van der Waals surface area contributed by atoms with E-state index in [1.807, 2.05) is 6.07 Å². The van der Waals surface area contributed by atoms with E-state index in [9.17, 15) is 4.79 Å². The minimum Gasteiger partial charge on any atom is -0.449 e. The summed E-state index contributed by atoms with van der Waals surface area (Å²) in [5.41, 5.74) is 2.05. The third-order valence-electron chi connectivity index (χ3n) is 2.94. The number of pyridine rings is 1. The van der Waals surface area contributed by atoms with E-state index in [0.29, 0.717) is 20.6 Å². The normalized spacial score (nSPS) is 10.8. The van der Waals surface area contributed by atoms with Crippen LogP contribution in [0.4, 0.5) is 4.79 Å². The summed E-state index contributed by atoms with van der Waals surface area (Å²) in [6.07, 6.45) is 1.88. The zero-order chi connectivity index (χ0) is 15.0. The van der Waals surface area contributed by atoms with Gasteiger partial charge in [-0.15, -0.1) is 0 Å². The molecule has 106 valence electrons. The molecule has 3 rings (SSSR count). The average Bonchev–Trinajstić information content (AvgIpc) is 2.76. The van der Waals surface area contributed by atoms with Crippen molar-refractivity contribution in [2.75, 3.05) is 0 Å². The molecule has 0 radical (unpaired) electrons. The Bertz CT molecular complexity index is 833. The number of nitrogens with one attached hydrogen (secondary N) is 1. The maximum absolute atomic E-state index is 10.9. The fraction of sp³-hybridized carbons (Fsp3) is 0. The van der Waals surface area contributed by atoms with E-state index in [2.05, 4.69) is 25.9 Å². The highest BCUT2D eigenvalue weighted by Crippen LogP contribution is 2.40. The lowest BCUT2D eigenvalue weighted by molar-refractivity contribution is 0.143. The highest BCUT2D eigenvalue weighted by Gasteiger charge is 2.18. The van der Waals surface area contributed by atoms with E-state index in [4.69, 9.17) is 21.4 Å². The Morgan fingerprint density at radius 1 is 1.43 bits per heavy atom. The monoisotopic (exact) mass is 366 g/mol. The Morgan fingerprint density at radius 3 is 2.90 bits per heavy atom. The molecule has 0 fully saturated rings. The number of ether oxygens (including phenoxy) is 1. The van der Waals surface area contributed by atoms with Crippen molar-refractivity contribution >= 4 is 44.6 Å². The van der Waals surface area contributed by atoms with E-state index in [-0.39, 0.29) is 5.88 Å². The van der Waals surface area contributed by atoms with Crippen LogP contribution in [0.5, 0.6) is 5.88 Å². The van der Waals surface area contributed by atoms with Gasteiger partial charge < -0.3 is 14.8 Å². The predicted octanol–water partition coefficient (Wildman–Crippen LogP) is 4.70. The molecule has 21 heavy (non-hydrogen) atoms. The molecule has 3 aromatic rings. The molecule has 2 heterocycles. The number of carboxylic acid groups (broad SMARTS) is 1. The Hall–Kier alpha value is -2.05. The Morgan fingerprint density at radius 2 is 2.24 bits per heavy atom. The first-order valence-corrected chi connectivity index (χ1v) is 7.05. The van der Waals surface area contributed by atoms with Crippen LogP contribution in [0.15, 0.2) is 41.1 Å². The third-order valence-corrected chi connectivity index (χ3v) is 4.14. The van der Waals surface area contributed by atoms with Gasteiger partial charge in [0.05, 0.1) is 16.1 Å². The second-order valence-electron chi connectivity index (χ2n) is 4.25. The van der Waals surface area contributed by atoms with E-state index in [1.165, 1.54) is 0 Å². The van der Waals surface area contributed by atoms with E-state index in [0.717, 1.165) is 10.9 Å². The number of nitrogens with zero attached hydrogens (tertiary/aromatic N) is 1. The topological polar surface area (TPSA) is 75.2 Å². The van der Waals surface area contributed by atoms with E-state index < -0.39 is 6.16 Å². The number of aromatic amines is 1. The fourth-order valence-electron chi connectivity index (χ4n) is 2.13. The summed E-state index contributed by atoms with van der Waals surface area (Å²) in [6, 6.07) is 7.10. The van der Waals surface area contributed by atoms with Gasteiger partial charge in [-0.25, -0.2) is 4.79 Å². The maximum atomic E-state index is 10.9. The van der Waals surface area contributed by atoms with E-state index in [1.54, 1.807) is 30.6 Å². The van der Waals surface area contributed by atoms with Crippen molar-refractivity contribution in [2.45, 2.75) is 0 Å². The minimum atomic E-state index is -1.39. The molecular formula is C14H8BrClN2O3. The number of H-pyrrole nitrogens is 1. The first-order chi connectivity index (χ1) is 10.1. The van der Waals surface area contributed by atoms with Gasteiger partial charge in [-0.2, -0.15) is 0 Å². The van der Waals surface area contributed by atoms with Crippen LogP contribution in [-0.2, 0) is 0 Å². The van der Waals surface area contributed by atoms with Crippen LogP contribution >= 0.6 is 27.5 Å². The molecule has 2 aromatic heterocycles. The summed E-state index contributed by atoms with van der Waals surface area (Å²) in [5.74, 6) is 0.139. The zero-order valence-corrected chi connectivity index (χ0v) is 12.8. The number of hydrogen-bond donors (Lipinski definition) is 2. The summed E-state index contributed by atoms with van der Waals surface area (Å²) in [5, 5.41) is 10.2. The number of halogens is 2. The molecule has 0 aliphatic rings. The molecule has 0 bridgehead atoms. The zero-order valence-electron chi connectivity index (χ0n) is 10.4. The summed E-state index contributed by atoms with van der Waals surface area (Å²) in [7, 11) is 0. The van der Waals surface area contributed by atoms with Crippen LogP contribution in [0.1, 0.15) is 0 Å². The lowest BCUT2D eigenvalue weighted by Gasteiger charge is -2.03. The van der Waals surface area contributed by atoms with Crippen molar-refractivity contribution in [3.05, 3.63) is 46.2 Å². The van der Waals surface area contributed by atoms with Gasteiger partial charge in [0.1, 0.15) is 0 Å². The number of aromatic nitrogens is 2. The number of rotatable bonds is 2. The summed E-state index contributed by atoms with van der Waals surface area (Å²) < 4.78 is 5.55. The van der Waals surface area contributed by atoms with Gasteiger partial charge in [-0.1, -0.05) is 17.7 Å². The molecule has 0 amide bonds. The van der Waals surface area contributed by atoms with Crippen LogP contribution < -0.4 is 4.74 Å². The average molecular weight is 368 g/mol. The van der Waals surface area contributed by atoms with Gasteiger partial charge in [0.25, 0.3) is 0 Å².